The number of benzene rings is 2. The number of halogens is 4. The first-order chi connectivity index (χ1) is 17.2. The van der Waals surface area contributed by atoms with Crippen LogP contribution in [0.1, 0.15) is 44.9 Å². The second-order valence-corrected chi connectivity index (χ2v) is 9.18. The van der Waals surface area contributed by atoms with E-state index < -0.39 is 24.2 Å². The number of fused-ring (bicyclic) bond motifs is 1. The van der Waals surface area contributed by atoms with Crippen molar-refractivity contribution in [3.63, 3.8) is 0 Å². The smallest absolute Gasteiger partial charge is 0.362 e. The molecule has 7 nitrogen and oxygen atoms in total. The van der Waals surface area contributed by atoms with Gasteiger partial charge in [-0.15, -0.1) is 0 Å². The van der Waals surface area contributed by atoms with Crippen LogP contribution >= 0.6 is 11.6 Å². The molecule has 1 saturated heterocycles. The van der Waals surface area contributed by atoms with Crippen molar-refractivity contribution in [3.8, 4) is 0 Å². The van der Waals surface area contributed by atoms with Crippen molar-refractivity contribution in [1.29, 1.82) is 0 Å². The fourth-order valence-corrected chi connectivity index (χ4v) is 4.92. The van der Waals surface area contributed by atoms with E-state index in [0.717, 1.165) is 4.68 Å². The van der Waals surface area contributed by atoms with Crippen LogP contribution in [0.5, 0.6) is 0 Å². The molecule has 1 fully saturated rings. The number of nitrogens with one attached hydrogen (secondary N) is 1. The quantitative estimate of drug-likeness (QED) is 0.542. The van der Waals surface area contributed by atoms with Crippen molar-refractivity contribution in [2.45, 2.75) is 24.7 Å². The third kappa shape index (κ3) is 4.53. The molecule has 1 N–H and O–H groups in total. The molecule has 2 atom stereocenters. The Kier molecular flexibility index (Phi) is 6.38. The van der Waals surface area contributed by atoms with Gasteiger partial charge in [0.25, 0.3) is 11.8 Å². The maximum Gasteiger partial charge on any atom is 0.410 e. The topological polar surface area (TPSA) is 70.5 Å². The molecule has 11 heteroatoms. The number of carbonyl (C=O) groups is 2. The molecule has 2 aliphatic rings. The minimum atomic E-state index is -4.58. The van der Waals surface area contributed by atoms with E-state index in [0.29, 0.717) is 24.2 Å². The fraction of sp³-hybridized carbons (Fsp3) is 0.320. The fourth-order valence-electron chi connectivity index (χ4n) is 4.66. The molecular weight excluding hydrogens is 495 g/mol. The highest BCUT2D eigenvalue weighted by atomic mass is 35.5. The zero-order valence-electron chi connectivity index (χ0n) is 19.1. The van der Waals surface area contributed by atoms with Crippen LogP contribution in [-0.4, -0.2) is 63.7 Å². The number of hydrogen-bond donors (Lipinski definition) is 1. The second kappa shape index (κ2) is 9.50. The third-order valence-corrected chi connectivity index (χ3v) is 6.93. The van der Waals surface area contributed by atoms with Gasteiger partial charge in [-0.1, -0.05) is 60.1 Å². The van der Waals surface area contributed by atoms with Gasteiger partial charge in [0.1, 0.15) is 10.8 Å². The Balaban J connectivity index is 1.36. The van der Waals surface area contributed by atoms with E-state index in [4.69, 9.17) is 11.6 Å². The van der Waals surface area contributed by atoms with Crippen LogP contribution in [0.2, 0.25) is 5.02 Å². The maximum absolute atomic E-state index is 14.0. The summed E-state index contributed by atoms with van der Waals surface area (Å²) in [6, 6.07) is 15.0. The van der Waals surface area contributed by atoms with Gasteiger partial charge >= 0.3 is 6.18 Å². The Morgan fingerprint density at radius 1 is 0.889 bits per heavy atom. The summed E-state index contributed by atoms with van der Waals surface area (Å²) in [6.07, 6.45) is -4.87. The third-order valence-electron chi connectivity index (χ3n) is 6.57. The van der Waals surface area contributed by atoms with Gasteiger partial charge in [-0.25, -0.2) is 4.68 Å². The molecule has 2 aromatic carbocycles. The van der Waals surface area contributed by atoms with Gasteiger partial charge in [0, 0.05) is 38.2 Å². The highest BCUT2D eigenvalue weighted by molar-refractivity contribution is 6.36. The molecule has 3 aromatic rings. The van der Waals surface area contributed by atoms with Crippen molar-refractivity contribution < 1.29 is 22.8 Å². The van der Waals surface area contributed by atoms with Crippen LogP contribution in [0.3, 0.4) is 0 Å². The molecule has 2 aliphatic heterocycles. The molecule has 2 amide bonds. The monoisotopic (exact) mass is 517 g/mol. The van der Waals surface area contributed by atoms with Crippen LogP contribution in [-0.2, 0) is 0 Å². The summed E-state index contributed by atoms with van der Waals surface area (Å²) in [5, 5.41) is 6.94. The maximum atomic E-state index is 14.0. The van der Waals surface area contributed by atoms with E-state index >= 15 is 0 Å². The van der Waals surface area contributed by atoms with Gasteiger partial charge in [-0.2, -0.15) is 18.3 Å². The summed E-state index contributed by atoms with van der Waals surface area (Å²) in [4.78, 5) is 29.0. The summed E-state index contributed by atoms with van der Waals surface area (Å²) in [7, 11) is 0. The summed E-state index contributed by atoms with van der Waals surface area (Å²) >= 11 is 6.46. The Morgan fingerprint density at radius 3 is 2.03 bits per heavy atom. The van der Waals surface area contributed by atoms with Crippen LogP contribution < -0.4 is 5.32 Å². The largest absolute Gasteiger partial charge is 0.410 e. The molecular formula is C25H23ClF3N5O2. The Labute approximate surface area is 210 Å². The van der Waals surface area contributed by atoms with Crippen molar-refractivity contribution >= 4 is 29.2 Å². The zero-order chi connectivity index (χ0) is 25.4. The molecule has 188 valence electrons. The predicted octanol–water partition coefficient (Wildman–Crippen LogP) is 4.80. The lowest BCUT2D eigenvalue weighted by atomic mass is 9.97. The number of piperazine rings is 1. The standard InChI is InChI=1S/C25H23ClF3N5O2/c26-20-21(24(36)33-13-11-32(12-14-33)23(35)17-9-5-2-6-10-17)31-34-19(25(27,28)29)15-18(30-22(20)34)16-7-3-1-4-8-16/h1-10,18-19,30H,11-15H2/t18-,19+/m0/s1. The Morgan fingerprint density at radius 2 is 1.44 bits per heavy atom. The van der Waals surface area contributed by atoms with Crippen LogP contribution in [0.15, 0.2) is 60.7 Å². The normalized spacial score (nSPS) is 20.0. The van der Waals surface area contributed by atoms with Gasteiger partial charge in [-0.3, -0.25) is 9.59 Å². The van der Waals surface area contributed by atoms with E-state index in [1.54, 1.807) is 59.5 Å². The van der Waals surface area contributed by atoms with Gasteiger partial charge in [-0.05, 0) is 17.7 Å². The lowest BCUT2D eigenvalue weighted by molar-refractivity contribution is -0.173. The Hall–Kier alpha value is -3.53. The highest BCUT2D eigenvalue weighted by Gasteiger charge is 2.48. The molecule has 36 heavy (non-hydrogen) atoms. The lowest BCUT2D eigenvalue weighted by Gasteiger charge is -2.34. The molecule has 0 unspecified atom stereocenters. The minimum Gasteiger partial charge on any atom is -0.362 e. The predicted molar refractivity (Wildman–Crippen MR) is 128 cm³/mol. The molecule has 5 rings (SSSR count). The van der Waals surface area contributed by atoms with E-state index in [-0.39, 0.29) is 42.0 Å². The number of alkyl halides is 3. The second-order valence-electron chi connectivity index (χ2n) is 8.81. The minimum absolute atomic E-state index is 0.0275. The first-order valence-electron chi connectivity index (χ1n) is 11.5. The molecule has 0 radical (unpaired) electrons. The molecule has 1 aromatic heterocycles. The molecule has 3 heterocycles. The summed E-state index contributed by atoms with van der Waals surface area (Å²) in [6.45, 7) is 1.03. The number of carbonyl (C=O) groups excluding carboxylic acids is 2. The van der Waals surface area contributed by atoms with Gasteiger partial charge in [0.05, 0.1) is 6.04 Å². The summed E-state index contributed by atoms with van der Waals surface area (Å²) in [5.74, 6) is -0.726. The number of amides is 2. The molecule has 0 spiro atoms. The average Bonchev–Trinajstić information content (AvgIpc) is 3.24. The van der Waals surface area contributed by atoms with E-state index in [9.17, 15) is 22.8 Å². The van der Waals surface area contributed by atoms with Crippen LogP contribution in [0.4, 0.5) is 19.0 Å². The van der Waals surface area contributed by atoms with Crippen molar-refractivity contribution in [3.05, 3.63) is 82.5 Å². The van der Waals surface area contributed by atoms with Gasteiger partial charge in [0.15, 0.2) is 11.7 Å². The number of rotatable bonds is 3. The summed E-state index contributed by atoms with van der Waals surface area (Å²) in [5.41, 5.74) is 1.01. The van der Waals surface area contributed by atoms with Gasteiger partial charge < -0.3 is 15.1 Å². The van der Waals surface area contributed by atoms with Crippen molar-refractivity contribution in [2.75, 3.05) is 31.5 Å². The number of hydrogen-bond acceptors (Lipinski definition) is 4. The first kappa shape index (κ1) is 24.2. The number of anilines is 1. The number of nitrogens with zero attached hydrogens (tertiary/aromatic N) is 4. The van der Waals surface area contributed by atoms with Gasteiger partial charge in [0.2, 0.25) is 0 Å². The molecule has 0 saturated carbocycles. The zero-order valence-corrected chi connectivity index (χ0v) is 19.8. The van der Waals surface area contributed by atoms with E-state index in [2.05, 4.69) is 10.4 Å². The summed E-state index contributed by atoms with van der Waals surface area (Å²) < 4.78 is 42.8. The SMILES string of the molecule is O=C(c1ccccc1)N1CCN(C(=O)c2nn3c(c2Cl)N[C@H](c2ccccc2)C[C@@H]3C(F)(F)F)CC1. The number of aromatic nitrogens is 2. The Bertz CT molecular complexity index is 1260. The van der Waals surface area contributed by atoms with Crippen molar-refractivity contribution in [2.24, 2.45) is 0 Å². The lowest BCUT2D eigenvalue weighted by Crippen LogP contribution is -2.50. The van der Waals surface area contributed by atoms with E-state index in [1.807, 2.05) is 6.07 Å². The van der Waals surface area contributed by atoms with Crippen molar-refractivity contribution in [1.82, 2.24) is 19.6 Å². The van der Waals surface area contributed by atoms with E-state index in [1.165, 1.54) is 4.90 Å². The average molecular weight is 518 g/mol. The van der Waals surface area contributed by atoms with Crippen LogP contribution in [0.25, 0.3) is 0 Å². The molecule has 0 bridgehead atoms. The highest BCUT2D eigenvalue weighted by Crippen LogP contribution is 2.46. The first-order valence-corrected chi connectivity index (χ1v) is 11.9. The molecule has 0 aliphatic carbocycles. The van der Waals surface area contributed by atoms with Crippen LogP contribution in [0, 0.1) is 0 Å².